The Balaban J connectivity index is 1.70. The first-order valence-electron chi connectivity index (χ1n) is 13.8. The van der Waals surface area contributed by atoms with Crippen molar-refractivity contribution >= 4 is 11.8 Å². The van der Waals surface area contributed by atoms with Gasteiger partial charge in [0.25, 0.3) is 0 Å². The number of imide groups is 1. The second-order valence-corrected chi connectivity index (χ2v) is 9.45. The Morgan fingerprint density at radius 2 is 1.03 bits per heavy atom. The monoisotopic (exact) mass is 449 g/mol. The van der Waals surface area contributed by atoms with Crippen LogP contribution in [0.1, 0.15) is 142 Å². The van der Waals surface area contributed by atoms with Gasteiger partial charge in [0.1, 0.15) is 0 Å². The van der Waals surface area contributed by atoms with Gasteiger partial charge in [-0.1, -0.05) is 109 Å². The van der Waals surface area contributed by atoms with Crippen molar-refractivity contribution in [1.82, 2.24) is 4.90 Å². The normalized spacial score (nSPS) is 14.3. The van der Waals surface area contributed by atoms with E-state index in [1.54, 1.807) is 6.20 Å². The fourth-order valence-electron chi connectivity index (χ4n) is 4.26. The van der Waals surface area contributed by atoms with Crippen molar-refractivity contribution in [2.75, 3.05) is 13.2 Å². The Morgan fingerprint density at radius 3 is 1.50 bits per heavy atom. The van der Waals surface area contributed by atoms with E-state index < -0.39 is 0 Å². The summed E-state index contributed by atoms with van der Waals surface area (Å²) in [6, 6.07) is 0. The van der Waals surface area contributed by atoms with Gasteiger partial charge in [-0.2, -0.15) is 0 Å². The minimum absolute atomic E-state index is 0.0554. The molecular formula is C28H51NO3. The van der Waals surface area contributed by atoms with Crippen molar-refractivity contribution in [3.05, 3.63) is 12.3 Å². The summed E-state index contributed by atoms with van der Waals surface area (Å²) in [5.74, 6) is -0.111. The van der Waals surface area contributed by atoms with Crippen LogP contribution in [0, 0.1) is 0 Å². The second-order valence-electron chi connectivity index (χ2n) is 9.45. The smallest absolute Gasteiger partial charge is 0.233 e. The quantitative estimate of drug-likeness (QED) is 0.117. The average molecular weight is 450 g/mol. The van der Waals surface area contributed by atoms with Crippen molar-refractivity contribution < 1.29 is 14.3 Å². The van der Waals surface area contributed by atoms with E-state index >= 15 is 0 Å². The number of nitrogens with zero attached hydrogens (tertiary/aromatic N) is 1. The molecule has 4 nitrogen and oxygen atoms in total. The molecule has 4 heteroatoms. The third-order valence-corrected chi connectivity index (χ3v) is 6.40. The molecule has 32 heavy (non-hydrogen) atoms. The van der Waals surface area contributed by atoms with Gasteiger partial charge in [0.15, 0.2) is 0 Å². The largest absolute Gasteiger partial charge is 0.381 e. The Hall–Kier alpha value is -1.16. The highest BCUT2D eigenvalue weighted by Gasteiger charge is 2.26. The van der Waals surface area contributed by atoms with E-state index in [-0.39, 0.29) is 11.8 Å². The number of hydrogen-bond acceptors (Lipinski definition) is 3. The molecular weight excluding hydrogens is 398 g/mol. The molecule has 1 heterocycles. The summed E-state index contributed by atoms with van der Waals surface area (Å²) in [4.78, 5) is 24.3. The summed E-state index contributed by atoms with van der Waals surface area (Å²) in [5.41, 5.74) is 0. The zero-order chi connectivity index (χ0) is 23.1. The molecule has 0 aromatic carbocycles. The zero-order valence-corrected chi connectivity index (χ0v) is 21.1. The summed E-state index contributed by atoms with van der Waals surface area (Å²) < 4.78 is 5.70. The van der Waals surface area contributed by atoms with Crippen LogP contribution in [0.25, 0.3) is 0 Å². The van der Waals surface area contributed by atoms with Gasteiger partial charge in [0.05, 0.1) is 0 Å². The molecule has 2 amide bonds. The molecule has 0 radical (unpaired) electrons. The van der Waals surface area contributed by atoms with Crippen molar-refractivity contribution in [2.24, 2.45) is 0 Å². The number of ether oxygens (including phenoxy) is 1. The molecule has 0 aromatic rings. The number of hydrogen-bond donors (Lipinski definition) is 0. The number of carbonyl (C=O) groups excluding carboxylic acids is 2. The summed E-state index contributed by atoms with van der Waals surface area (Å²) in [7, 11) is 0. The van der Waals surface area contributed by atoms with Gasteiger partial charge < -0.3 is 4.74 Å². The Bertz CT molecular complexity index is 473. The number of rotatable bonds is 23. The van der Waals surface area contributed by atoms with Crippen LogP contribution in [0.5, 0.6) is 0 Å². The molecule has 1 fully saturated rings. The standard InChI is InChI=1S/C28H51NO3/c1-2-3-4-20-25-32-26-21-18-16-14-12-10-8-6-5-7-9-11-13-15-17-19-24-29-27(30)22-23-28(29)31/h19,24H,2-18,20-23,25-26H2,1H3. The maximum absolute atomic E-state index is 11.5. The summed E-state index contributed by atoms with van der Waals surface area (Å²) >= 11 is 0. The van der Waals surface area contributed by atoms with Gasteiger partial charge in [-0.05, 0) is 25.7 Å². The summed E-state index contributed by atoms with van der Waals surface area (Å²) in [6.45, 7) is 4.17. The van der Waals surface area contributed by atoms with Crippen LogP contribution in [0.15, 0.2) is 12.3 Å². The number of allylic oxidation sites excluding steroid dienone is 1. The molecule has 1 aliphatic heterocycles. The van der Waals surface area contributed by atoms with Crippen molar-refractivity contribution in [2.45, 2.75) is 142 Å². The molecule has 0 aliphatic carbocycles. The SMILES string of the molecule is CCCCCCOCCCCCCCCCCCCCCCCC=CN1C(=O)CCC1=O. The highest BCUT2D eigenvalue weighted by atomic mass is 16.5. The number of amides is 2. The van der Waals surface area contributed by atoms with Gasteiger partial charge in [0, 0.05) is 32.3 Å². The predicted octanol–water partition coefficient (Wildman–Crippen LogP) is 8.10. The van der Waals surface area contributed by atoms with E-state index in [4.69, 9.17) is 4.74 Å². The van der Waals surface area contributed by atoms with Crippen LogP contribution >= 0.6 is 0 Å². The molecule has 1 saturated heterocycles. The molecule has 0 atom stereocenters. The maximum Gasteiger partial charge on any atom is 0.233 e. The topological polar surface area (TPSA) is 46.6 Å². The summed E-state index contributed by atoms with van der Waals surface area (Å²) in [6.07, 6.45) is 29.3. The molecule has 1 aliphatic rings. The minimum Gasteiger partial charge on any atom is -0.381 e. The molecule has 0 aromatic heterocycles. The van der Waals surface area contributed by atoms with E-state index in [0.717, 1.165) is 26.1 Å². The first-order valence-corrected chi connectivity index (χ1v) is 13.8. The van der Waals surface area contributed by atoms with Crippen LogP contribution in [-0.2, 0) is 14.3 Å². The lowest BCUT2D eigenvalue weighted by atomic mass is 10.0. The first kappa shape index (κ1) is 28.9. The van der Waals surface area contributed by atoms with Crippen molar-refractivity contribution in [3.8, 4) is 0 Å². The van der Waals surface area contributed by atoms with Crippen LogP contribution < -0.4 is 0 Å². The van der Waals surface area contributed by atoms with Gasteiger partial charge in [0.2, 0.25) is 11.8 Å². The third-order valence-electron chi connectivity index (χ3n) is 6.40. The fourth-order valence-corrected chi connectivity index (χ4v) is 4.26. The predicted molar refractivity (Wildman–Crippen MR) is 134 cm³/mol. The minimum atomic E-state index is -0.0554. The lowest BCUT2D eigenvalue weighted by Crippen LogP contribution is -2.22. The van der Waals surface area contributed by atoms with Crippen molar-refractivity contribution in [1.29, 1.82) is 0 Å². The van der Waals surface area contributed by atoms with Crippen molar-refractivity contribution in [3.63, 3.8) is 0 Å². The van der Waals surface area contributed by atoms with Crippen LogP contribution in [0.4, 0.5) is 0 Å². The van der Waals surface area contributed by atoms with Crippen LogP contribution in [0.3, 0.4) is 0 Å². The van der Waals surface area contributed by atoms with E-state index in [9.17, 15) is 9.59 Å². The van der Waals surface area contributed by atoms with E-state index in [1.165, 1.54) is 114 Å². The lowest BCUT2D eigenvalue weighted by Gasteiger charge is -2.06. The van der Waals surface area contributed by atoms with Gasteiger partial charge in [-0.3, -0.25) is 14.5 Å². The van der Waals surface area contributed by atoms with E-state index in [2.05, 4.69) is 6.92 Å². The zero-order valence-electron chi connectivity index (χ0n) is 21.1. The second kappa shape index (κ2) is 21.7. The highest BCUT2D eigenvalue weighted by Crippen LogP contribution is 2.15. The Kier molecular flexibility index (Phi) is 19.6. The Labute approximate surface area is 198 Å². The van der Waals surface area contributed by atoms with E-state index in [0.29, 0.717) is 12.8 Å². The van der Waals surface area contributed by atoms with E-state index in [1.807, 2.05) is 6.08 Å². The Morgan fingerprint density at radius 1 is 0.625 bits per heavy atom. The molecule has 0 spiro atoms. The lowest BCUT2D eigenvalue weighted by molar-refractivity contribution is -0.135. The molecule has 1 rings (SSSR count). The fraction of sp³-hybridized carbons (Fsp3) is 0.857. The highest BCUT2D eigenvalue weighted by molar-refractivity contribution is 6.02. The van der Waals surface area contributed by atoms with Gasteiger partial charge >= 0.3 is 0 Å². The summed E-state index contributed by atoms with van der Waals surface area (Å²) in [5, 5.41) is 0. The van der Waals surface area contributed by atoms with Crippen LogP contribution in [-0.4, -0.2) is 29.9 Å². The molecule has 0 bridgehead atoms. The molecule has 186 valence electrons. The number of likely N-dealkylation sites (tertiary alicyclic amines) is 1. The number of unbranched alkanes of at least 4 members (excludes halogenated alkanes) is 17. The van der Waals surface area contributed by atoms with Gasteiger partial charge in [-0.15, -0.1) is 0 Å². The first-order chi connectivity index (χ1) is 15.8. The average Bonchev–Trinajstić information content (AvgIpc) is 3.11. The third kappa shape index (κ3) is 16.5. The van der Waals surface area contributed by atoms with Gasteiger partial charge in [-0.25, -0.2) is 0 Å². The maximum atomic E-state index is 11.5. The van der Waals surface area contributed by atoms with Crippen LogP contribution in [0.2, 0.25) is 0 Å². The molecule has 0 unspecified atom stereocenters. The molecule has 0 saturated carbocycles. The molecule has 0 N–H and O–H groups in total. The number of carbonyl (C=O) groups is 2.